The van der Waals surface area contributed by atoms with E-state index in [9.17, 15) is 4.79 Å². The number of fused-ring (bicyclic) bond motifs is 5. The molecule has 1 aromatic carbocycles. The van der Waals surface area contributed by atoms with Gasteiger partial charge in [0.1, 0.15) is 17.3 Å². The Kier molecular flexibility index (Phi) is 6.50. The number of pyridine rings is 2. The summed E-state index contributed by atoms with van der Waals surface area (Å²) in [4.78, 5) is 29.9. The highest BCUT2D eigenvalue weighted by Crippen LogP contribution is 2.37. The Morgan fingerprint density at radius 1 is 1.10 bits per heavy atom. The predicted octanol–water partition coefficient (Wildman–Crippen LogP) is 4.40. The lowest BCUT2D eigenvalue weighted by Crippen LogP contribution is -2.50. The lowest BCUT2D eigenvalue weighted by molar-refractivity contribution is 0.497. The minimum Gasteiger partial charge on any atom is -0.384 e. The molecule has 8 nitrogen and oxygen atoms in total. The number of nitrogens with zero attached hydrogens (tertiary/aromatic N) is 5. The average Bonchev–Trinajstić information content (AvgIpc) is 2.91. The summed E-state index contributed by atoms with van der Waals surface area (Å²) in [6.45, 7) is 8.60. The molecule has 10 heteroatoms. The average molecular weight is 532 g/mol. The van der Waals surface area contributed by atoms with Crippen LogP contribution in [0.4, 0.5) is 20.3 Å². The maximum atomic E-state index is 16.0. The first-order valence-electron chi connectivity index (χ1n) is 13.5. The van der Waals surface area contributed by atoms with Crippen molar-refractivity contribution in [3.63, 3.8) is 0 Å². The molecule has 1 fully saturated rings. The van der Waals surface area contributed by atoms with Crippen LogP contribution in [-0.4, -0.2) is 51.7 Å². The number of benzene rings is 1. The Morgan fingerprint density at radius 3 is 2.74 bits per heavy atom. The van der Waals surface area contributed by atoms with Gasteiger partial charge in [-0.05, 0) is 55.5 Å². The van der Waals surface area contributed by atoms with Crippen LogP contribution in [0.25, 0.3) is 28.0 Å². The van der Waals surface area contributed by atoms with Crippen LogP contribution in [0.1, 0.15) is 44.4 Å². The summed E-state index contributed by atoms with van der Waals surface area (Å²) >= 11 is 0. The molecule has 0 saturated carbocycles. The number of anilines is 2. The largest absolute Gasteiger partial charge is 0.384 e. The van der Waals surface area contributed by atoms with E-state index in [0.29, 0.717) is 61.6 Å². The minimum absolute atomic E-state index is 0.00103. The Bertz CT molecular complexity index is 1630. The maximum Gasteiger partial charge on any atom is 0.355 e. The fourth-order valence-corrected chi connectivity index (χ4v) is 5.67. The number of hydrogen-bond donors (Lipinski definition) is 2. The third kappa shape index (κ3) is 4.32. The molecular weight excluding hydrogens is 500 g/mol. The molecule has 39 heavy (non-hydrogen) atoms. The monoisotopic (exact) mass is 531 g/mol. The zero-order chi connectivity index (χ0) is 27.3. The van der Waals surface area contributed by atoms with Crippen molar-refractivity contribution >= 4 is 22.5 Å². The Hall–Kier alpha value is -3.92. The topological polar surface area (TPSA) is 88.0 Å². The molecule has 1 saturated heterocycles. The van der Waals surface area contributed by atoms with Gasteiger partial charge in [-0.15, -0.1) is 0 Å². The molecule has 5 heterocycles. The third-order valence-corrected chi connectivity index (χ3v) is 7.57. The molecule has 0 radical (unpaired) electrons. The van der Waals surface area contributed by atoms with E-state index in [1.54, 1.807) is 18.3 Å². The summed E-state index contributed by atoms with van der Waals surface area (Å²) in [6, 6.07) is 7.89. The number of aromatic nitrogens is 4. The molecule has 0 spiro atoms. The Labute approximate surface area is 225 Å². The van der Waals surface area contributed by atoms with Crippen LogP contribution in [0.15, 0.2) is 41.3 Å². The van der Waals surface area contributed by atoms with E-state index in [1.165, 1.54) is 16.7 Å². The van der Waals surface area contributed by atoms with Gasteiger partial charge in [0, 0.05) is 44.1 Å². The molecule has 2 aliphatic heterocycles. The summed E-state index contributed by atoms with van der Waals surface area (Å²) in [7, 11) is 0. The molecular formula is C29H31F2N7O. The van der Waals surface area contributed by atoms with Gasteiger partial charge in [0.15, 0.2) is 11.5 Å². The molecule has 0 amide bonds. The minimum atomic E-state index is -0.681. The third-order valence-electron chi connectivity index (χ3n) is 7.57. The molecule has 1 atom stereocenters. The van der Waals surface area contributed by atoms with Crippen molar-refractivity contribution in [3.8, 4) is 16.9 Å². The van der Waals surface area contributed by atoms with Crippen LogP contribution in [0.5, 0.6) is 0 Å². The summed E-state index contributed by atoms with van der Waals surface area (Å²) < 4.78 is 32.7. The first kappa shape index (κ1) is 25.4. The van der Waals surface area contributed by atoms with Gasteiger partial charge in [-0.1, -0.05) is 19.9 Å². The van der Waals surface area contributed by atoms with Crippen molar-refractivity contribution in [2.24, 2.45) is 0 Å². The van der Waals surface area contributed by atoms with Gasteiger partial charge in [0.05, 0.1) is 22.3 Å². The fourth-order valence-electron chi connectivity index (χ4n) is 5.67. The summed E-state index contributed by atoms with van der Waals surface area (Å²) in [5, 5.41) is 7.01. The second-order valence-corrected chi connectivity index (χ2v) is 10.5. The molecule has 2 N–H and O–H groups in total. The van der Waals surface area contributed by atoms with E-state index in [-0.39, 0.29) is 28.9 Å². The number of aryl methyl sites for hydroxylation is 1. The van der Waals surface area contributed by atoms with Crippen molar-refractivity contribution in [2.45, 2.75) is 45.6 Å². The lowest BCUT2D eigenvalue weighted by Gasteiger charge is -2.35. The zero-order valence-electron chi connectivity index (χ0n) is 22.3. The normalized spacial score (nSPS) is 17.4. The van der Waals surface area contributed by atoms with Crippen LogP contribution in [0, 0.1) is 11.6 Å². The summed E-state index contributed by atoms with van der Waals surface area (Å²) in [6.07, 6.45) is 3.11. The number of nitrogens with one attached hydrogen (secondary N) is 2. The van der Waals surface area contributed by atoms with E-state index >= 15 is 8.78 Å². The quantitative estimate of drug-likeness (QED) is 0.396. The van der Waals surface area contributed by atoms with Crippen LogP contribution >= 0.6 is 0 Å². The Balaban J connectivity index is 1.77. The lowest BCUT2D eigenvalue weighted by atomic mass is 10.00. The predicted molar refractivity (Wildman–Crippen MR) is 149 cm³/mol. The van der Waals surface area contributed by atoms with Gasteiger partial charge < -0.3 is 15.5 Å². The van der Waals surface area contributed by atoms with Gasteiger partial charge in [-0.2, -0.15) is 4.98 Å². The van der Waals surface area contributed by atoms with Crippen molar-refractivity contribution in [1.29, 1.82) is 0 Å². The molecule has 4 aromatic rings. The standard InChI is InChI=1S/C29H31F2N7O/c1-16(2)24-26-18(9-11-34-24)6-5-10-33-22-8-4-7-20(30)23(22)25-21(31)14-19-27(37-13-12-32-15-17(37)3)36-29(39)38(26)28(19)35-25/h4,7-9,11,14,16-17,32-33H,5-6,10,12-13,15H2,1-3H3/t17-/m0/s1. The van der Waals surface area contributed by atoms with Crippen molar-refractivity contribution < 1.29 is 8.78 Å². The van der Waals surface area contributed by atoms with Crippen molar-refractivity contribution in [2.75, 3.05) is 36.4 Å². The van der Waals surface area contributed by atoms with Gasteiger partial charge in [-0.25, -0.2) is 23.1 Å². The van der Waals surface area contributed by atoms with Crippen LogP contribution in [0.3, 0.4) is 0 Å². The molecule has 2 bridgehead atoms. The van der Waals surface area contributed by atoms with Gasteiger partial charge in [-0.3, -0.25) is 4.98 Å². The SMILES string of the molecule is CC(C)c1nccc2c1-n1c(=O)nc(N3CCNC[C@@H]3C)c3cc(F)c(nc31)-c1c(F)cccc1NCCC2. The van der Waals surface area contributed by atoms with E-state index in [2.05, 4.69) is 20.6 Å². The van der Waals surface area contributed by atoms with Crippen LogP contribution in [-0.2, 0) is 6.42 Å². The zero-order valence-corrected chi connectivity index (χ0v) is 22.3. The number of piperazine rings is 1. The molecule has 2 aliphatic rings. The van der Waals surface area contributed by atoms with Gasteiger partial charge in [0.25, 0.3) is 0 Å². The Morgan fingerprint density at radius 2 is 1.95 bits per heavy atom. The van der Waals surface area contributed by atoms with E-state index in [1.807, 2.05) is 31.7 Å². The smallest absolute Gasteiger partial charge is 0.355 e. The van der Waals surface area contributed by atoms with Gasteiger partial charge in [0.2, 0.25) is 0 Å². The van der Waals surface area contributed by atoms with E-state index in [4.69, 9.17) is 4.98 Å². The molecule has 3 aromatic heterocycles. The maximum absolute atomic E-state index is 16.0. The number of halogens is 2. The first-order valence-corrected chi connectivity index (χ1v) is 13.5. The van der Waals surface area contributed by atoms with Crippen LogP contribution in [0.2, 0.25) is 0 Å². The fraction of sp³-hybridized carbons (Fsp3) is 0.379. The molecule has 0 aliphatic carbocycles. The van der Waals surface area contributed by atoms with E-state index < -0.39 is 17.3 Å². The molecule has 0 unspecified atom stereocenters. The molecule has 6 rings (SSSR count). The van der Waals surface area contributed by atoms with Crippen LogP contribution < -0.4 is 21.2 Å². The van der Waals surface area contributed by atoms with Crippen molar-refractivity contribution in [3.05, 3.63) is 69.9 Å². The first-order chi connectivity index (χ1) is 18.8. The highest BCUT2D eigenvalue weighted by atomic mass is 19.1. The number of hydrogen-bond acceptors (Lipinski definition) is 7. The van der Waals surface area contributed by atoms with E-state index in [0.717, 1.165) is 11.3 Å². The summed E-state index contributed by atoms with van der Waals surface area (Å²) in [5.41, 5.74) is 2.33. The second-order valence-electron chi connectivity index (χ2n) is 10.5. The number of rotatable bonds is 2. The van der Waals surface area contributed by atoms with Crippen molar-refractivity contribution in [1.82, 2.24) is 24.8 Å². The highest BCUT2D eigenvalue weighted by molar-refractivity contribution is 5.91. The summed E-state index contributed by atoms with van der Waals surface area (Å²) in [5.74, 6) is -0.890. The van der Waals surface area contributed by atoms with Gasteiger partial charge >= 0.3 is 5.69 Å². The molecule has 202 valence electrons. The highest BCUT2D eigenvalue weighted by Gasteiger charge is 2.28. The second kappa shape index (κ2) is 10.00.